The molecule has 2 aromatic rings. The largest absolute Gasteiger partial charge is 0.463 e. The Morgan fingerprint density at radius 1 is 1.41 bits per heavy atom. The minimum Gasteiger partial charge on any atom is -0.463 e. The van der Waals surface area contributed by atoms with Crippen LogP contribution in [0.4, 0.5) is 4.79 Å². The number of aromatic nitrogens is 4. The SMILES string of the molecule is CCOC(=O)C1=C(CSc2nnnn2C2CCCC2)NC(=O)NC1c1cccs1. The van der Waals surface area contributed by atoms with Gasteiger partial charge in [0.2, 0.25) is 5.16 Å². The number of hydrogen-bond acceptors (Lipinski definition) is 8. The van der Waals surface area contributed by atoms with Gasteiger partial charge in [-0.05, 0) is 41.6 Å². The molecule has 2 aliphatic rings. The molecule has 1 atom stereocenters. The number of esters is 1. The molecule has 29 heavy (non-hydrogen) atoms. The molecule has 1 fully saturated rings. The Bertz CT molecular complexity index is 905. The maximum Gasteiger partial charge on any atom is 0.338 e. The van der Waals surface area contributed by atoms with Crippen LogP contribution in [0.5, 0.6) is 0 Å². The Morgan fingerprint density at radius 2 is 2.24 bits per heavy atom. The topological polar surface area (TPSA) is 111 Å². The average Bonchev–Trinajstić information content (AvgIpc) is 3.48. The van der Waals surface area contributed by atoms with E-state index in [1.165, 1.54) is 35.9 Å². The van der Waals surface area contributed by atoms with Gasteiger partial charge in [0, 0.05) is 16.3 Å². The van der Waals surface area contributed by atoms with Crippen molar-refractivity contribution in [1.82, 2.24) is 30.8 Å². The monoisotopic (exact) mass is 434 g/mol. The Hall–Kier alpha value is -2.40. The molecule has 0 radical (unpaired) electrons. The van der Waals surface area contributed by atoms with Crippen LogP contribution in [0.3, 0.4) is 0 Å². The van der Waals surface area contributed by atoms with Crippen LogP contribution >= 0.6 is 23.1 Å². The fourth-order valence-corrected chi connectivity index (χ4v) is 5.34. The van der Waals surface area contributed by atoms with E-state index in [1.807, 2.05) is 22.2 Å². The van der Waals surface area contributed by atoms with Gasteiger partial charge >= 0.3 is 12.0 Å². The summed E-state index contributed by atoms with van der Waals surface area (Å²) in [7, 11) is 0. The second kappa shape index (κ2) is 8.95. The summed E-state index contributed by atoms with van der Waals surface area (Å²) < 4.78 is 7.14. The summed E-state index contributed by atoms with van der Waals surface area (Å²) in [5.74, 6) is -0.0827. The van der Waals surface area contributed by atoms with E-state index in [2.05, 4.69) is 26.2 Å². The first kappa shape index (κ1) is 19.9. The molecule has 2 aromatic heterocycles. The van der Waals surface area contributed by atoms with E-state index < -0.39 is 12.0 Å². The molecule has 3 heterocycles. The van der Waals surface area contributed by atoms with Crippen LogP contribution in [-0.2, 0) is 9.53 Å². The molecule has 11 heteroatoms. The van der Waals surface area contributed by atoms with Crippen LogP contribution < -0.4 is 10.6 Å². The quantitative estimate of drug-likeness (QED) is 0.509. The minimum absolute atomic E-state index is 0.258. The number of carbonyl (C=O) groups excluding carboxylic acids is 2. The first-order valence-electron chi connectivity index (χ1n) is 9.59. The number of carbonyl (C=O) groups is 2. The van der Waals surface area contributed by atoms with Crippen molar-refractivity contribution in [3.63, 3.8) is 0 Å². The van der Waals surface area contributed by atoms with Crippen molar-refractivity contribution in [2.45, 2.75) is 49.8 Å². The summed E-state index contributed by atoms with van der Waals surface area (Å²) in [5.41, 5.74) is 0.942. The minimum atomic E-state index is -0.538. The number of amides is 2. The molecule has 2 N–H and O–H groups in total. The zero-order valence-electron chi connectivity index (χ0n) is 16.0. The van der Waals surface area contributed by atoms with Gasteiger partial charge in [-0.2, -0.15) is 0 Å². The van der Waals surface area contributed by atoms with Crippen LogP contribution in [0.15, 0.2) is 33.9 Å². The Labute approximate surface area is 176 Å². The lowest BCUT2D eigenvalue weighted by Gasteiger charge is -2.28. The standard InChI is InChI=1S/C18H22N6O3S2/c1-2-27-16(25)14-12(19-17(26)20-15(14)13-8-5-9-28-13)10-29-18-21-22-23-24(18)11-6-3-4-7-11/h5,8-9,11,15H,2-4,6-7,10H2,1H3,(H2,19,20,26). The number of rotatable bonds is 7. The van der Waals surface area contributed by atoms with Gasteiger partial charge < -0.3 is 15.4 Å². The third kappa shape index (κ3) is 4.30. The van der Waals surface area contributed by atoms with Gasteiger partial charge in [0.1, 0.15) is 0 Å². The molecule has 154 valence electrons. The maximum atomic E-state index is 12.7. The van der Waals surface area contributed by atoms with E-state index in [9.17, 15) is 9.59 Å². The van der Waals surface area contributed by atoms with Crippen LogP contribution in [0.25, 0.3) is 0 Å². The van der Waals surface area contributed by atoms with Crippen molar-refractivity contribution in [3.8, 4) is 0 Å². The van der Waals surface area contributed by atoms with E-state index in [0.717, 1.165) is 17.7 Å². The molecule has 1 aliphatic carbocycles. The van der Waals surface area contributed by atoms with Gasteiger partial charge in [0.25, 0.3) is 0 Å². The molecule has 4 rings (SSSR count). The van der Waals surface area contributed by atoms with E-state index in [-0.39, 0.29) is 12.6 Å². The van der Waals surface area contributed by atoms with Crippen molar-refractivity contribution in [2.75, 3.05) is 12.4 Å². The highest BCUT2D eigenvalue weighted by atomic mass is 32.2. The predicted molar refractivity (Wildman–Crippen MR) is 108 cm³/mol. The number of nitrogens with zero attached hydrogens (tertiary/aromatic N) is 4. The molecule has 0 aromatic carbocycles. The van der Waals surface area contributed by atoms with Gasteiger partial charge in [-0.1, -0.05) is 30.7 Å². The van der Waals surface area contributed by atoms with Crippen molar-refractivity contribution in [3.05, 3.63) is 33.7 Å². The molecular formula is C18H22N6O3S2. The Balaban J connectivity index is 1.61. The third-order valence-corrected chi connectivity index (χ3v) is 6.85. The smallest absolute Gasteiger partial charge is 0.338 e. The average molecular weight is 435 g/mol. The third-order valence-electron chi connectivity index (χ3n) is 4.96. The summed E-state index contributed by atoms with van der Waals surface area (Å²) in [6, 6.07) is 3.21. The molecule has 1 saturated carbocycles. The zero-order valence-corrected chi connectivity index (χ0v) is 17.6. The highest BCUT2D eigenvalue weighted by Gasteiger charge is 2.34. The summed E-state index contributed by atoms with van der Waals surface area (Å²) in [5, 5.41) is 20.3. The van der Waals surface area contributed by atoms with Crippen molar-refractivity contribution in [2.24, 2.45) is 0 Å². The van der Waals surface area contributed by atoms with Crippen molar-refractivity contribution >= 4 is 35.1 Å². The fourth-order valence-electron chi connectivity index (χ4n) is 3.65. The zero-order chi connectivity index (χ0) is 20.2. The summed E-state index contributed by atoms with van der Waals surface area (Å²) >= 11 is 2.89. The highest BCUT2D eigenvalue weighted by Crippen LogP contribution is 2.34. The molecular weight excluding hydrogens is 412 g/mol. The second-order valence-corrected chi connectivity index (χ2v) is 8.71. The lowest BCUT2D eigenvalue weighted by molar-refractivity contribution is -0.139. The van der Waals surface area contributed by atoms with Crippen LogP contribution in [0.1, 0.15) is 49.6 Å². The van der Waals surface area contributed by atoms with E-state index in [1.54, 1.807) is 6.92 Å². The maximum absolute atomic E-state index is 12.7. The van der Waals surface area contributed by atoms with Gasteiger partial charge in [-0.25, -0.2) is 14.3 Å². The lowest BCUT2D eigenvalue weighted by atomic mass is 10.0. The van der Waals surface area contributed by atoms with Crippen LogP contribution in [0, 0.1) is 0 Å². The van der Waals surface area contributed by atoms with Gasteiger partial charge in [0.15, 0.2) is 0 Å². The number of nitrogens with one attached hydrogen (secondary N) is 2. The summed E-state index contributed by atoms with van der Waals surface area (Å²) in [6.45, 7) is 2.02. The molecule has 0 saturated heterocycles. The van der Waals surface area contributed by atoms with Gasteiger partial charge in [-0.3, -0.25) is 0 Å². The Kier molecular flexibility index (Phi) is 6.14. The number of thiophene rings is 1. The van der Waals surface area contributed by atoms with Crippen LogP contribution in [0.2, 0.25) is 0 Å². The summed E-state index contributed by atoms with van der Waals surface area (Å²) in [4.78, 5) is 25.9. The number of tetrazole rings is 1. The number of hydrogen-bond donors (Lipinski definition) is 2. The molecule has 2 amide bonds. The highest BCUT2D eigenvalue weighted by molar-refractivity contribution is 7.99. The molecule has 0 spiro atoms. The fraction of sp³-hybridized carbons (Fsp3) is 0.500. The van der Waals surface area contributed by atoms with Crippen LogP contribution in [-0.4, -0.2) is 44.6 Å². The molecule has 0 bridgehead atoms. The van der Waals surface area contributed by atoms with Gasteiger partial charge in [0.05, 0.1) is 24.3 Å². The first-order valence-corrected chi connectivity index (χ1v) is 11.5. The molecule has 1 unspecified atom stereocenters. The number of ether oxygens (including phenoxy) is 1. The van der Waals surface area contributed by atoms with Crippen molar-refractivity contribution < 1.29 is 14.3 Å². The number of thioether (sulfide) groups is 1. The van der Waals surface area contributed by atoms with E-state index in [4.69, 9.17) is 4.74 Å². The number of urea groups is 1. The molecule has 9 nitrogen and oxygen atoms in total. The van der Waals surface area contributed by atoms with E-state index in [0.29, 0.717) is 28.2 Å². The first-order chi connectivity index (χ1) is 14.2. The van der Waals surface area contributed by atoms with E-state index >= 15 is 0 Å². The normalized spacial score (nSPS) is 19.9. The lowest BCUT2D eigenvalue weighted by Crippen LogP contribution is -2.46. The predicted octanol–water partition coefficient (Wildman–Crippen LogP) is 2.81. The second-order valence-electron chi connectivity index (χ2n) is 6.79. The molecule has 1 aliphatic heterocycles. The van der Waals surface area contributed by atoms with Crippen molar-refractivity contribution in [1.29, 1.82) is 0 Å². The Morgan fingerprint density at radius 3 is 2.97 bits per heavy atom. The van der Waals surface area contributed by atoms with Gasteiger partial charge in [-0.15, -0.1) is 16.4 Å². The summed E-state index contributed by atoms with van der Waals surface area (Å²) in [6.07, 6.45) is 4.49.